The van der Waals surface area contributed by atoms with Gasteiger partial charge in [0.25, 0.3) is 0 Å². The van der Waals surface area contributed by atoms with Gasteiger partial charge < -0.3 is 9.80 Å². The first-order chi connectivity index (χ1) is 9.15. The Morgan fingerprint density at radius 1 is 0.842 bits per heavy atom. The summed E-state index contributed by atoms with van der Waals surface area (Å²) in [4.78, 5) is 17.4. The van der Waals surface area contributed by atoms with E-state index in [-0.39, 0.29) is 11.8 Å². The van der Waals surface area contributed by atoms with Gasteiger partial charge in [-0.15, -0.1) is 0 Å². The van der Waals surface area contributed by atoms with Crippen molar-refractivity contribution in [2.24, 2.45) is 11.8 Å². The number of carbonyl (C=O) groups is 1. The lowest BCUT2D eigenvalue weighted by Gasteiger charge is -2.33. The zero-order valence-electron chi connectivity index (χ0n) is 13.3. The van der Waals surface area contributed by atoms with Crippen molar-refractivity contribution in [1.82, 2.24) is 9.80 Å². The Morgan fingerprint density at radius 3 is 1.53 bits per heavy atom. The van der Waals surface area contributed by atoms with Crippen LogP contribution in [-0.4, -0.2) is 54.9 Å². The maximum absolute atomic E-state index is 12.6. The second-order valence-electron chi connectivity index (χ2n) is 5.70. The molecular weight excluding hydrogens is 236 g/mol. The molecule has 0 heterocycles. The molecule has 0 bridgehead atoms. The van der Waals surface area contributed by atoms with E-state index in [0.717, 1.165) is 52.1 Å². The Balaban J connectivity index is 2.55. The van der Waals surface area contributed by atoms with Gasteiger partial charge in [0.2, 0.25) is 0 Å². The van der Waals surface area contributed by atoms with Crippen LogP contribution in [0.15, 0.2) is 0 Å². The number of nitrogens with zero attached hydrogens (tertiary/aromatic N) is 2. The highest BCUT2D eigenvalue weighted by atomic mass is 16.1. The highest BCUT2D eigenvalue weighted by Gasteiger charge is 2.32. The molecule has 0 spiro atoms. The molecule has 1 rings (SSSR count). The number of hydrogen-bond donors (Lipinski definition) is 0. The van der Waals surface area contributed by atoms with Crippen molar-refractivity contribution < 1.29 is 4.79 Å². The van der Waals surface area contributed by atoms with Crippen molar-refractivity contribution in [3.63, 3.8) is 0 Å². The van der Waals surface area contributed by atoms with Crippen LogP contribution in [0.1, 0.15) is 47.0 Å². The molecule has 1 fully saturated rings. The molecule has 2 atom stereocenters. The summed E-state index contributed by atoms with van der Waals surface area (Å²) < 4.78 is 0. The predicted octanol–water partition coefficient (Wildman–Crippen LogP) is 2.66. The molecule has 0 aromatic heterocycles. The molecule has 1 aliphatic carbocycles. The first kappa shape index (κ1) is 16.6. The first-order valence-electron chi connectivity index (χ1n) is 8.14. The Morgan fingerprint density at radius 2 is 1.21 bits per heavy atom. The van der Waals surface area contributed by atoms with Gasteiger partial charge in [0.1, 0.15) is 5.78 Å². The van der Waals surface area contributed by atoms with Gasteiger partial charge in [-0.3, -0.25) is 4.79 Å². The lowest BCUT2D eigenvalue weighted by atomic mass is 9.79. The Hall–Kier alpha value is -0.410. The maximum atomic E-state index is 12.6. The van der Waals surface area contributed by atoms with Gasteiger partial charge in [-0.2, -0.15) is 0 Å². The standard InChI is InChI=1S/C16H32N2O/c1-5-17(6-2)12-14-10-9-11-15(16(14)19)13-18(7-3)8-4/h14-15H,5-13H2,1-4H3. The maximum Gasteiger partial charge on any atom is 0.141 e. The molecule has 0 radical (unpaired) electrons. The van der Waals surface area contributed by atoms with Crippen molar-refractivity contribution in [1.29, 1.82) is 0 Å². The van der Waals surface area contributed by atoms with E-state index < -0.39 is 0 Å². The van der Waals surface area contributed by atoms with Gasteiger partial charge in [0.15, 0.2) is 0 Å². The zero-order valence-corrected chi connectivity index (χ0v) is 13.3. The number of ketones is 1. The van der Waals surface area contributed by atoms with Crippen molar-refractivity contribution in [3.05, 3.63) is 0 Å². The van der Waals surface area contributed by atoms with E-state index >= 15 is 0 Å². The lowest BCUT2D eigenvalue weighted by molar-refractivity contribution is -0.130. The third kappa shape index (κ3) is 4.88. The first-order valence-corrected chi connectivity index (χ1v) is 8.14. The fourth-order valence-electron chi connectivity index (χ4n) is 3.18. The smallest absolute Gasteiger partial charge is 0.141 e. The highest BCUT2D eigenvalue weighted by Crippen LogP contribution is 2.27. The number of rotatable bonds is 8. The van der Waals surface area contributed by atoms with Crippen LogP contribution in [0.5, 0.6) is 0 Å². The minimum Gasteiger partial charge on any atom is -0.303 e. The van der Waals surface area contributed by atoms with E-state index in [1.54, 1.807) is 0 Å². The summed E-state index contributed by atoms with van der Waals surface area (Å²) in [5, 5.41) is 0. The van der Waals surface area contributed by atoms with Gasteiger partial charge in [0, 0.05) is 24.9 Å². The molecule has 19 heavy (non-hydrogen) atoms. The van der Waals surface area contributed by atoms with Gasteiger partial charge in [-0.05, 0) is 39.0 Å². The second-order valence-corrected chi connectivity index (χ2v) is 5.70. The quantitative estimate of drug-likeness (QED) is 0.676. The topological polar surface area (TPSA) is 23.6 Å². The van der Waals surface area contributed by atoms with Crippen LogP contribution in [0.4, 0.5) is 0 Å². The molecular formula is C16H32N2O. The van der Waals surface area contributed by atoms with Crippen molar-refractivity contribution in [3.8, 4) is 0 Å². The molecule has 1 saturated carbocycles. The van der Waals surface area contributed by atoms with E-state index in [9.17, 15) is 4.79 Å². The minimum absolute atomic E-state index is 0.286. The summed E-state index contributed by atoms with van der Waals surface area (Å²) in [7, 11) is 0. The van der Waals surface area contributed by atoms with Crippen molar-refractivity contribution in [2.75, 3.05) is 39.3 Å². The molecule has 0 aliphatic heterocycles. The van der Waals surface area contributed by atoms with Crippen LogP contribution in [-0.2, 0) is 4.79 Å². The average Bonchev–Trinajstić information content (AvgIpc) is 2.45. The van der Waals surface area contributed by atoms with Crippen LogP contribution in [0, 0.1) is 11.8 Å². The van der Waals surface area contributed by atoms with Crippen LogP contribution < -0.4 is 0 Å². The normalized spacial score (nSPS) is 24.4. The van der Waals surface area contributed by atoms with Crippen LogP contribution >= 0.6 is 0 Å². The molecule has 0 aromatic rings. The van der Waals surface area contributed by atoms with E-state index in [2.05, 4.69) is 37.5 Å². The molecule has 0 aromatic carbocycles. The van der Waals surface area contributed by atoms with Crippen LogP contribution in [0.3, 0.4) is 0 Å². The largest absolute Gasteiger partial charge is 0.303 e. The summed E-state index contributed by atoms with van der Waals surface area (Å²) in [5.74, 6) is 1.11. The molecule has 0 amide bonds. The Kier molecular flexibility index (Phi) is 7.62. The Labute approximate surface area is 119 Å². The fraction of sp³-hybridized carbons (Fsp3) is 0.938. The number of Topliss-reactive ketones (excluding diaryl/α,β-unsaturated/α-hetero) is 1. The molecule has 2 unspecified atom stereocenters. The van der Waals surface area contributed by atoms with Gasteiger partial charge in [-0.25, -0.2) is 0 Å². The van der Waals surface area contributed by atoms with E-state index in [4.69, 9.17) is 0 Å². The SMILES string of the molecule is CCN(CC)CC1CCCC(CN(CC)CC)C1=O. The lowest BCUT2D eigenvalue weighted by Crippen LogP contribution is -2.42. The average molecular weight is 268 g/mol. The molecule has 1 aliphatic rings. The van der Waals surface area contributed by atoms with Crippen molar-refractivity contribution >= 4 is 5.78 Å². The van der Waals surface area contributed by atoms with Gasteiger partial charge in [-0.1, -0.05) is 34.1 Å². The van der Waals surface area contributed by atoms with E-state index in [1.807, 2.05) is 0 Å². The number of hydrogen-bond acceptors (Lipinski definition) is 3. The van der Waals surface area contributed by atoms with E-state index in [1.165, 1.54) is 6.42 Å². The summed E-state index contributed by atoms with van der Waals surface area (Å²) in [6, 6.07) is 0. The predicted molar refractivity (Wildman–Crippen MR) is 81.4 cm³/mol. The van der Waals surface area contributed by atoms with Crippen LogP contribution in [0.25, 0.3) is 0 Å². The third-order valence-corrected chi connectivity index (χ3v) is 4.66. The molecule has 3 nitrogen and oxygen atoms in total. The summed E-state index contributed by atoms with van der Waals surface area (Å²) in [6.07, 6.45) is 3.43. The van der Waals surface area contributed by atoms with Gasteiger partial charge >= 0.3 is 0 Å². The molecule has 0 N–H and O–H groups in total. The zero-order chi connectivity index (χ0) is 14.3. The molecule has 0 saturated heterocycles. The Bertz CT molecular complexity index is 235. The third-order valence-electron chi connectivity index (χ3n) is 4.66. The van der Waals surface area contributed by atoms with Gasteiger partial charge in [0.05, 0.1) is 0 Å². The van der Waals surface area contributed by atoms with Crippen molar-refractivity contribution in [2.45, 2.75) is 47.0 Å². The van der Waals surface area contributed by atoms with E-state index in [0.29, 0.717) is 5.78 Å². The highest BCUT2D eigenvalue weighted by molar-refractivity contribution is 5.84. The minimum atomic E-state index is 0.286. The fourth-order valence-corrected chi connectivity index (χ4v) is 3.18. The summed E-state index contributed by atoms with van der Waals surface area (Å²) in [5.41, 5.74) is 0. The second kappa shape index (κ2) is 8.70. The molecule has 3 heteroatoms. The number of carbonyl (C=O) groups excluding carboxylic acids is 1. The summed E-state index contributed by atoms with van der Waals surface area (Å²) in [6.45, 7) is 14.9. The monoisotopic (exact) mass is 268 g/mol. The molecule has 112 valence electrons. The van der Waals surface area contributed by atoms with Crippen LogP contribution in [0.2, 0.25) is 0 Å². The summed E-state index contributed by atoms with van der Waals surface area (Å²) >= 11 is 0.